The van der Waals surface area contributed by atoms with Gasteiger partial charge in [0.15, 0.2) is 5.78 Å². The molecule has 0 aromatic rings. The van der Waals surface area contributed by atoms with Crippen molar-refractivity contribution >= 4 is 5.78 Å². The summed E-state index contributed by atoms with van der Waals surface area (Å²) in [6, 6.07) is 0. The molecule has 3 unspecified atom stereocenters. The smallest absolute Gasteiger partial charge is 0.159 e. The van der Waals surface area contributed by atoms with Crippen molar-refractivity contribution in [3.63, 3.8) is 0 Å². The number of carbonyl (C=O) groups is 1. The second-order valence-electron chi connectivity index (χ2n) is 13.0. The first-order valence-electron chi connectivity index (χ1n) is 13.3. The minimum atomic E-state index is -1.05. The molecule has 0 aromatic carbocycles. The Kier molecular flexibility index (Phi) is 6.47. The molecule has 4 N–H and O–H groups in total. The zero-order valence-corrected chi connectivity index (χ0v) is 21.4. The van der Waals surface area contributed by atoms with E-state index in [4.69, 9.17) is 0 Å². The van der Waals surface area contributed by atoms with Crippen molar-refractivity contribution < 1.29 is 25.2 Å². The van der Waals surface area contributed by atoms with E-state index in [1.807, 2.05) is 0 Å². The van der Waals surface area contributed by atoms with Gasteiger partial charge >= 0.3 is 0 Å². The van der Waals surface area contributed by atoms with Crippen LogP contribution >= 0.6 is 0 Å². The summed E-state index contributed by atoms with van der Waals surface area (Å²) in [7, 11) is 0. The van der Waals surface area contributed by atoms with Gasteiger partial charge in [-0.15, -0.1) is 0 Å². The van der Waals surface area contributed by atoms with Crippen LogP contribution in [0, 0.1) is 46.3 Å². The second kappa shape index (κ2) is 8.43. The zero-order valence-electron chi connectivity index (χ0n) is 21.4. The summed E-state index contributed by atoms with van der Waals surface area (Å²) in [6.45, 7) is 13.0. The van der Waals surface area contributed by atoms with Gasteiger partial charge in [-0.25, -0.2) is 0 Å². The van der Waals surface area contributed by atoms with E-state index >= 15 is 0 Å². The van der Waals surface area contributed by atoms with Crippen molar-refractivity contribution in [2.24, 2.45) is 46.3 Å². The minimum Gasteiger partial charge on any atom is -0.393 e. The maximum Gasteiger partial charge on any atom is 0.159 e. The number of fused-ring (bicyclic) bond motifs is 5. The van der Waals surface area contributed by atoms with Gasteiger partial charge < -0.3 is 20.4 Å². The minimum absolute atomic E-state index is 0.00494. The quantitative estimate of drug-likeness (QED) is 0.497. The van der Waals surface area contributed by atoms with Crippen molar-refractivity contribution in [2.45, 2.75) is 110 Å². The number of hydrogen-bond acceptors (Lipinski definition) is 5. The van der Waals surface area contributed by atoms with Crippen LogP contribution in [0.4, 0.5) is 0 Å². The van der Waals surface area contributed by atoms with Crippen LogP contribution in [0.1, 0.15) is 86.5 Å². The lowest BCUT2D eigenvalue weighted by molar-refractivity contribution is -0.154. The largest absolute Gasteiger partial charge is 0.393 e. The van der Waals surface area contributed by atoms with E-state index in [2.05, 4.69) is 41.5 Å². The van der Waals surface area contributed by atoms with Crippen LogP contribution in [0.5, 0.6) is 0 Å². The fourth-order valence-electron chi connectivity index (χ4n) is 8.39. The number of carbonyl (C=O) groups excluding carboxylic acids is 1. The lowest BCUT2D eigenvalue weighted by atomic mass is 9.46. The molecule has 0 heterocycles. The molecule has 0 bridgehead atoms. The Bertz CT molecular complexity index is 806. The van der Waals surface area contributed by atoms with Gasteiger partial charge in [0.2, 0.25) is 0 Å². The Balaban J connectivity index is 1.64. The first kappa shape index (κ1) is 25.3. The summed E-state index contributed by atoms with van der Waals surface area (Å²) < 4.78 is 0. The maximum atomic E-state index is 13.3. The van der Waals surface area contributed by atoms with E-state index in [-0.39, 0.29) is 34.9 Å². The van der Waals surface area contributed by atoms with E-state index in [0.717, 1.165) is 31.3 Å². The fraction of sp³-hybridized carbons (Fsp3) is 0.893. The van der Waals surface area contributed by atoms with Crippen LogP contribution in [-0.2, 0) is 4.79 Å². The topological polar surface area (TPSA) is 98.0 Å². The van der Waals surface area contributed by atoms with Gasteiger partial charge in [0.1, 0.15) is 0 Å². The zero-order chi connectivity index (χ0) is 24.5. The predicted molar refractivity (Wildman–Crippen MR) is 128 cm³/mol. The highest BCUT2D eigenvalue weighted by Crippen LogP contribution is 2.68. The first-order chi connectivity index (χ1) is 15.3. The van der Waals surface area contributed by atoms with Gasteiger partial charge in [0.25, 0.3) is 0 Å². The second-order valence-corrected chi connectivity index (χ2v) is 13.0. The highest BCUT2D eigenvalue weighted by Gasteiger charge is 2.67. The molecule has 0 amide bonds. The lowest BCUT2D eigenvalue weighted by Gasteiger charge is -2.60. The molecule has 0 aliphatic heterocycles. The monoisotopic (exact) mass is 462 g/mol. The number of rotatable bonds is 5. The average molecular weight is 463 g/mol. The third-order valence-corrected chi connectivity index (χ3v) is 11.2. The van der Waals surface area contributed by atoms with Crippen molar-refractivity contribution in [2.75, 3.05) is 0 Å². The molecule has 0 aromatic heterocycles. The van der Waals surface area contributed by atoms with Gasteiger partial charge in [-0.2, -0.15) is 0 Å². The summed E-state index contributed by atoms with van der Waals surface area (Å²) >= 11 is 0. The number of hydrogen-bond donors (Lipinski definition) is 4. The van der Waals surface area contributed by atoms with Gasteiger partial charge in [-0.1, -0.05) is 41.5 Å². The molecular weight excluding hydrogens is 416 g/mol. The Morgan fingerprint density at radius 2 is 1.70 bits per heavy atom. The van der Waals surface area contributed by atoms with Crippen LogP contribution in [0.3, 0.4) is 0 Å². The van der Waals surface area contributed by atoms with Crippen LogP contribution < -0.4 is 0 Å². The lowest BCUT2D eigenvalue weighted by Crippen LogP contribution is -2.61. The molecule has 4 aliphatic rings. The van der Waals surface area contributed by atoms with E-state index in [1.54, 1.807) is 6.08 Å². The summed E-state index contributed by atoms with van der Waals surface area (Å²) in [5.74, 6) is 0.975. The third kappa shape index (κ3) is 3.68. The Labute approximate surface area is 199 Å². The van der Waals surface area contributed by atoms with Crippen LogP contribution in [0.2, 0.25) is 0 Å². The molecule has 11 atom stereocenters. The van der Waals surface area contributed by atoms with Crippen LogP contribution in [-0.4, -0.2) is 50.1 Å². The Hall–Kier alpha value is -0.750. The molecule has 4 rings (SSSR count). The molecular formula is C28H46O5. The molecule has 0 saturated heterocycles. The molecule has 5 nitrogen and oxygen atoms in total. The molecule has 5 heteroatoms. The van der Waals surface area contributed by atoms with E-state index in [1.165, 1.54) is 0 Å². The number of ketones is 1. The number of aliphatic hydroxyl groups is 4. The van der Waals surface area contributed by atoms with Crippen LogP contribution in [0.25, 0.3) is 0 Å². The van der Waals surface area contributed by atoms with E-state index in [9.17, 15) is 25.2 Å². The summed E-state index contributed by atoms with van der Waals surface area (Å²) in [4.78, 5) is 13.3. The Morgan fingerprint density at radius 1 is 1.03 bits per heavy atom. The highest BCUT2D eigenvalue weighted by atomic mass is 16.3. The maximum absolute atomic E-state index is 13.3. The first-order valence-corrected chi connectivity index (χ1v) is 13.3. The fourth-order valence-corrected chi connectivity index (χ4v) is 8.39. The molecule has 33 heavy (non-hydrogen) atoms. The SMILES string of the molecule is CC(C)C(C)C[C@@H](O)C(C)[C@H]1CC[C@@]2(O)C3=CC(=O)[C@@H]4C[C@@H](O)[C@@H](O)C[C@]4(C)C3CC[C@]12C. The summed E-state index contributed by atoms with van der Waals surface area (Å²) in [6.07, 6.45) is 4.28. The summed E-state index contributed by atoms with van der Waals surface area (Å²) in [5.41, 5.74) is -1.01. The summed E-state index contributed by atoms with van der Waals surface area (Å²) in [5, 5.41) is 44.1. The normalized spacial score (nSPS) is 47.9. The number of aliphatic hydroxyl groups excluding tert-OH is 3. The van der Waals surface area contributed by atoms with Crippen LogP contribution in [0.15, 0.2) is 11.6 Å². The van der Waals surface area contributed by atoms with Crippen molar-refractivity contribution in [1.82, 2.24) is 0 Å². The van der Waals surface area contributed by atoms with Crippen molar-refractivity contribution in [3.05, 3.63) is 11.6 Å². The van der Waals surface area contributed by atoms with E-state index < -0.39 is 29.3 Å². The van der Waals surface area contributed by atoms with Crippen molar-refractivity contribution in [3.8, 4) is 0 Å². The molecule has 3 saturated carbocycles. The molecule has 3 fully saturated rings. The molecule has 188 valence electrons. The highest BCUT2D eigenvalue weighted by molar-refractivity contribution is 5.95. The van der Waals surface area contributed by atoms with E-state index in [0.29, 0.717) is 31.1 Å². The van der Waals surface area contributed by atoms with Gasteiger partial charge in [-0.05, 0) is 91.6 Å². The van der Waals surface area contributed by atoms with Gasteiger partial charge in [-0.3, -0.25) is 4.79 Å². The van der Waals surface area contributed by atoms with Gasteiger partial charge in [0.05, 0.1) is 23.9 Å². The molecule has 0 radical (unpaired) electrons. The number of allylic oxidation sites excluding steroid dienone is 1. The van der Waals surface area contributed by atoms with Crippen molar-refractivity contribution in [1.29, 1.82) is 0 Å². The molecule has 4 aliphatic carbocycles. The Morgan fingerprint density at radius 3 is 2.33 bits per heavy atom. The molecule has 0 spiro atoms. The standard InChI is InChI=1S/C28H46O5/c1-15(2)16(3)11-22(29)17(4)18-8-10-28(33)20-12-23(30)21-13-24(31)25(32)14-26(21,5)19(20)7-9-27(18,28)6/h12,15-19,21-22,24-25,29,31-33H,7-11,13-14H2,1-6H3/t16?,17?,18-,19?,21+,22-,24-,25+,26-,27-,28-/m1/s1. The average Bonchev–Trinajstić information content (AvgIpc) is 3.01. The third-order valence-electron chi connectivity index (χ3n) is 11.2. The predicted octanol–water partition coefficient (Wildman–Crippen LogP) is 3.87. The van der Waals surface area contributed by atoms with Gasteiger partial charge in [0, 0.05) is 11.3 Å².